The van der Waals surface area contributed by atoms with Crippen LogP contribution in [0.5, 0.6) is 0 Å². The number of thiophene rings is 1. The van der Waals surface area contributed by atoms with Crippen molar-refractivity contribution in [2.45, 2.75) is 38.2 Å². The van der Waals surface area contributed by atoms with Crippen molar-refractivity contribution in [3.05, 3.63) is 19.9 Å². The number of hydrogen-bond acceptors (Lipinski definition) is 3. The predicted molar refractivity (Wildman–Crippen MR) is 74.2 cm³/mol. The van der Waals surface area contributed by atoms with Crippen LogP contribution < -0.4 is 0 Å². The smallest absolute Gasteiger partial charge is 0.163 e. The third kappa shape index (κ3) is 3.53. The summed E-state index contributed by atoms with van der Waals surface area (Å²) in [7, 11) is 0. The van der Waals surface area contributed by atoms with Crippen molar-refractivity contribution in [2.75, 3.05) is 6.61 Å². The van der Waals surface area contributed by atoms with Crippen LogP contribution in [0.15, 0.2) is 11.4 Å². The molecule has 1 aliphatic rings. The van der Waals surface area contributed by atoms with E-state index in [1.54, 1.807) is 11.3 Å². The van der Waals surface area contributed by atoms with Gasteiger partial charge in [-0.05, 0) is 54.3 Å². The van der Waals surface area contributed by atoms with E-state index >= 15 is 0 Å². The summed E-state index contributed by atoms with van der Waals surface area (Å²) in [4.78, 5) is 11.8. The standard InChI is InChI=1S/C12H15IO2S/c13-12-7-9(8-16-12)11(14)5-1-3-10-4-2-6-15-10/h7-8,10H,1-6H2. The minimum atomic E-state index is 0.275. The van der Waals surface area contributed by atoms with Gasteiger partial charge in [0.25, 0.3) is 0 Å². The highest BCUT2D eigenvalue weighted by Crippen LogP contribution is 2.21. The van der Waals surface area contributed by atoms with Crippen LogP contribution in [0.25, 0.3) is 0 Å². The summed E-state index contributed by atoms with van der Waals surface area (Å²) >= 11 is 3.88. The lowest BCUT2D eigenvalue weighted by Crippen LogP contribution is -2.06. The summed E-state index contributed by atoms with van der Waals surface area (Å²) in [5.41, 5.74) is 0.877. The topological polar surface area (TPSA) is 26.3 Å². The predicted octanol–water partition coefficient (Wildman–Crippen LogP) is 3.88. The largest absolute Gasteiger partial charge is 0.378 e. The maximum Gasteiger partial charge on any atom is 0.163 e. The van der Waals surface area contributed by atoms with Crippen LogP contribution in [-0.4, -0.2) is 18.5 Å². The molecule has 1 aromatic rings. The van der Waals surface area contributed by atoms with Gasteiger partial charge in [-0.1, -0.05) is 0 Å². The van der Waals surface area contributed by atoms with Crippen LogP contribution in [-0.2, 0) is 4.74 Å². The highest BCUT2D eigenvalue weighted by molar-refractivity contribution is 14.1. The normalized spacial score (nSPS) is 20.2. The molecule has 1 fully saturated rings. The van der Waals surface area contributed by atoms with Gasteiger partial charge in [0.2, 0.25) is 0 Å². The molecular weight excluding hydrogens is 335 g/mol. The lowest BCUT2D eigenvalue weighted by molar-refractivity contribution is 0.0923. The van der Waals surface area contributed by atoms with E-state index in [4.69, 9.17) is 4.74 Å². The third-order valence-corrected chi connectivity index (χ3v) is 4.63. The Bertz CT molecular complexity index is 356. The van der Waals surface area contributed by atoms with E-state index in [1.807, 2.05) is 11.4 Å². The number of halogens is 1. The van der Waals surface area contributed by atoms with E-state index in [0.717, 1.165) is 25.0 Å². The first kappa shape index (κ1) is 12.5. The quantitative estimate of drug-likeness (QED) is 0.595. The zero-order valence-corrected chi connectivity index (χ0v) is 12.1. The van der Waals surface area contributed by atoms with E-state index in [9.17, 15) is 4.79 Å². The van der Waals surface area contributed by atoms with Crippen molar-refractivity contribution in [1.82, 2.24) is 0 Å². The van der Waals surface area contributed by atoms with Crippen LogP contribution in [0.4, 0.5) is 0 Å². The number of Topliss-reactive ketones (excluding diaryl/α,β-unsaturated/α-hetero) is 1. The van der Waals surface area contributed by atoms with Crippen molar-refractivity contribution in [3.63, 3.8) is 0 Å². The molecule has 1 aromatic heterocycles. The van der Waals surface area contributed by atoms with Crippen LogP contribution in [0, 0.1) is 2.88 Å². The average Bonchev–Trinajstić information content (AvgIpc) is 2.89. The molecule has 2 rings (SSSR count). The summed E-state index contributed by atoms with van der Waals surface area (Å²) in [6.45, 7) is 0.904. The van der Waals surface area contributed by atoms with E-state index in [0.29, 0.717) is 12.5 Å². The fourth-order valence-corrected chi connectivity index (χ4v) is 3.31. The average molecular weight is 350 g/mol. The Morgan fingerprint density at radius 3 is 3.12 bits per heavy atom. The van der Waals surface area contributed by atoms with Crippen molar-refractivity contribution >= 4 is 39.7 Å². The number of rotatable bonds is 5. The molecule has 0 saturated carbocycles. The highest BCUT2D eigenvalue weighted by Gasteiger charge is 2.16. The van der Waals surface area contributed by atoms with E-state index < -0.39 is 0 Å². The molecule has 0 aromatic carbocycles. The molecule has 16 heavy (non-hydrogen) atoms. The zero-order valence-electron chi connectivity index (χ0n) is 9.08. The summed E-state index contributed by atoms with van der Waals surface area (Å²) in [6.07, 6.45) is 5.41. The molecule has 0 radical (unpaired) electrons. The molecular formula is C12H15IO2S. The number of ketones is 1. The molecule has 0 amide bonds. The lowest BCUT2D eigenvalue weighted by atomic mass is 10.1. The Hall–Kier alpha value is 0.0600. The van der Waals surface area contributed by atoms with Gasteiger partial charge < -0.3 is 4.74 Å². The Morgan fingerprint density at radius 2 is 2.50 bits per heavy atom. The summed E-state index contributed by atoms with van der Waals surface area (Å²) in [5, 5.41) is 1.95. The van der Waals surface area contributed by atoms with E-state index in [2.05, 4.69) is 22.6 Å². The van der Waals surface area contributed by atoms with Crippen molar-refractivity contribution < 1.29 is 9.53 Å². The Balaban J connectivity index is 1.71. The lowest BCUT2D eigenvalue weighted by Gasteiger charge is -2.07. The second kappa shape index (κ2) is 6.12. The summed E-state index contributed by atoms with van der Waals surface area (Å²) in [6, 6.07) is 1.97. The SMILES string of the molecule is O=C(CCCC1CCCO1)c1csc(I)c1. The monoisotopic (exact) mass is 350 g/mol. The number of hydrogen-bond donors (Lipinski definition) is 0. The van der Waals surface area contributed by atoms with Crippen LogP contribution in [0.2, 0.25) is 0 Å². The molecule has 1 aliphatic heterocycles. The van der Waals surface area contributed by atoms with Crippen LogP contribution >= 0.6 is 33.9 Å². The molecule has 4 heteroatoms. The van der Waals surface area contributed by atoms with Crippen molar-refractivity contribution in [2.24, 2.45) is 0 Å². The van der Waals surface area contributed by atoms with Crippen LogP contribution in [0.1, 0.15) is 42.5 Å². The van der Waals surface area contributed by atoms with E-state index in [-0.39, 0.29) is 5.78 Å². The molecule has 0 bridgehead atoms. The Labute approximate surface area is 114 Å². The molecule has 88 valence electrons. The number of carbonyl (C=O) groups excluding carboxylic acids is 1. The molecule has 2 nitrogen and oxygen atoms in total. The minimum absolute atomic E-state index is 0.275. The molecule has 0 spiro atoms. The maximum atomic E-state index is 11.8. The van der Waals surface area contributed by atoms with Gasteiger partial charge in [-0.25, -0.2) is 0 Å². The number of carbonyl (C=O) groups is 1. The first-order valence-corrected chi connectivity index (χ1v) is 7.60. The molecule has 0 N–H and O–H groups in total. The first-order chi connectivity index (χ1) is 7.75. The molecule has 2 heterocycles. The van der Waals surface area contributed by atoms with Gasteiger partial charge >= 0.3 is 0 Å². The first-order valence-electron chi connectivity index (χ1n) is 5.64. The second-order valence-corrected chi connectivity index (χ2v) is 6.90. The Morgan fingerprint density at radius 1 is 1.62 bits per heavy atom. The van der Waals surface area contributed by atoms with Gasteiger partial charge in [-0.15, -0.1) is 11.3 Å². The van der Waals surface area contributed by atoms with Crippen molar-refractivity contribution in [3.8, 4) is 0 Å². The molecule has 1 atom stereocenters. The van der Waals surface area contributed by atoms with Gasteiger partial charge in [-0.3, -0.25) is 4.79 Å². The fourth-order valence-electron chi connectivity index (χ4n) is 1.96. The maximum absolute atomic E-state index is 11.8. The van der Waals surface area contributed by atoms with Gasteiger partial charge in [0.15, 0.2) is 5.78 Å². The van der Waals surface area contributed by atoms with Gasteiger partial charge in [0.05, 0.1) is 8.99 Å². The molecule has 1 unspecified atom stereocenters. The van der Waals surface area contributed by atoms with Gasteiger partial charge in [0, 0.05) is 24.0 Å². The minimum Gasteiger partial charge on any atom is -0.378 e. The van der Waals surface area contributed by atoms with E-state index in [1.165, 1.54) is 15.7 Å². The second-order valence-electron chi connectivity index (χ2n) is 4.09. The van der Waals surface area contributed by atoms with Crippen LogP contribution in [0.3, 0.4) is 0 Å². The van der Waals surface area contributed by atoms with Crippen molar-refractivity contribution in [1.29, 1.82) is 0 Å². The highest BCUT2D eigenvalue weighted by atomic mass is 127. The van der Waals surface area contributed by atoms with Gasteiger partial charge in [-0.2, -0.15) is 0 Å². The zero-order chi connectivity index (χ0) is 11.4. The third-order valence-electron chi connectivity index (χ3n) is 2.84. The van der Waals surface area contributed by atoms with Gasteiger partial charge in [0.1, 0.15) is 0 Å². The number of ether oxygens (including phenoxy) is 1. The Kier molecular flexibility index (Phi) is 4.79. The molecule has 0 aliphatic carbocycles. The summed E-state index contributed by atoms with van der Waals surface area (Å²) in [5.74, 6) is 0.275. The molecule has 1 saturated heterocycles. The summed E-state index contributed by atoms with van der Waals surface area (Å²) < 4.78 is 6.71. The fraction of sp³-hybridized carbons (Fsp3) is 0.583.